The van der Waals surface area contributed by atoms with E-state index in [0.29, 0.717) is 28.9 Å². The first-order valence-corrected chi connectivity index (χ1v) is 7.12. The number of halogens is 1. The van der Waals surface area contributed by atoms with Gasteiger partial charge in [-0.15, -0.1) is 0 Å². The zero-order chi connectivity index (χ0) is 15.2. The van der Waals surface area contributed by atoms with Gasteiger partial charge in [0.05, 0.1) is 0 Å². The molecule has 0 unspecified atom stereocenters. The highest BCUT2D eigenvalue weighted by molar-refractivity contribution is 6.30. The van der Waals surface area contributed by atoms with Crippen LogP contribution in [0.4, 0.5) is 11.5 Å². The Labute approximate surface area is 128 Å². The number of hydrogen-bond donors (Lipinski definition) is 2. The van der Waals surface area contributed by atoms with Crippen molar-refractivity contribution in [2.75, 3.05) is 11.9 Å². The summed E-state index contributed by atoms with van der Waals surface area (Å²) in [7, 11) is 0. The second kappa shape index (κ2) is 7.04. The van der Waals surface area contributed by atoms with E-state index in [1.165, 1.54) is 0 Å². The molecule has 5 nitrogen and oxygen atoms in total. The summed E-state index contributed by atoms with van der Waals surface area (Å²) in [6, 6.07) is 8.92. The van der Waals surface area contributed by atoms with E-state index >= 15 is 0 Å². The highest BCUT2D eigenvalue weighted by atomic mass is 35.5. The molecule has 0 radical (unpaired) electrons. The van der Waals surface area contributed by atoms with Crippen LogP contribution >= 0.6 is 11.6 Å². The van der Waals surface area contributed by atoms with Crippen LogP contribution in [0, 0.1) is 6.92 Å². The molecule has 2 aromatic rings. The van der Waals surface area contributed by atoms with Gasteiger partial charge in [-0.05, 0) is 31.5 Å². The number of hydrogen-bond acceptors (Lipinski definition) is 4. The Morgan fingerprint density at radius 2 is 2.10 bits per heavy atom. The number of aromatic nitrogens is 2. The van der Waals surface area contributed by atoms with Gasteiger partial charge in [-0.25, -0.2) is 9.97 Å². The second-order valence-corrected chi connectivity index (χ2v) is 5.01. The zero-order valence-electron chi connectivity index (χ0n) is 12.0. The van der Waals surface area contributed by atoms with Crippen LogP contribution in [0.5, 0.6) is 0 Å². The van der Waals surface area contributed by atoms with E-state index < -0.39 is 0 Å². The van der Waals surface area contributed by atoms with Crippen LogP contribution in [0.3, 0.4) is 0 Å². The van der Waals surface area contributed by atoms with Crippen LogP contribution in [-0.4, -0.2) is 22.4 Å². The van der Waals surface area contributed by atoms with E-state index in [-0.39, 0.29) is 5.91 Å². The van der Waals surface area contributed by atoms with E-state index in [1.807, 2.05) is 19.1 Å². The highest BCUT2D eigenvalue weighted by Crippen LogP contribution is 2.19. The second-order valence-electron chi connectivity index (χ2n) is 4.58. The standard InChI is InChI=1S/C15H17ClN4O/c1-3-7-17-15(21)13-9-14(19-10(2)18-13)20-12-6-4-5-11(16)8-12/h4-6,8-9H,3,7H2,1-2H3,(H,17,21)(H,18,19,20). The average molecular weight is 305 g/mol. The molecule has 0 fully saturated rings. The Morgan fingerprint density at radius 1 is 1.29 bits per heavy atom. The van der Waals surface area contributed by atoms with Crippen molar-refractivity contribution >= 4 is 29.0 Å². The monoisotopic (exact) mass is 304 g/mol. The van der Waals surface area contributed by atoms with Crippen molar-refractivity contribution < 1.29 is 4.79 Å². The van der Waals surface area contributed by atoms with E-state index in [0.717, 1.165) is 12.1 Å². The highest BCUT2D eigenvalue weighted by Gasteiger charge is 2.10. The maximum atomic E-state index is 12.0. The zero-order valence-corrected chi connectivity index (χ0v) is 12.7. The summed E-state index contributed by atoms with van der Waals surface area (Å²) in [5.74, 6) is 0.895. The van der Waals surface area contributed by atoms with Crippen LogP contribution in [-0.2, 0) is 0 Å². The Balaban J connectivity index is 2.20. The third kappa shape index (κ3) is 4.43. The van der Waals surface area contributed by atoms with Gasteiger partial charge in [0.25, 0.3) is 5.91 Å². The largest absolute Gasteiger partial charge is 0.351 e. The van der Waals surface area contributed by atoms with Gasteiger partial charge in [0.2, 0.25) is 0 Å². The maximum absolute atomic E-state index is 12.0. The number of benzene rings is 1. The minimum absolute atomic E-state index is 0.198. The molecule has 0 aliphatic carbocycles. The Kier molecular flexibility index (Phi) is 5.11. The fraction of sp³-hybridized carbons (Fsp3) is 0.267. The number of carbonyl (C=O) groups excluding carboxylic acids is 1. The van der Waals surface area contributed by atoms with E-state index in [1.54, 1.807) is 25.1 Å². The van der Waals surface area contributed by atoms with Crippen LogP contribution in [0.25, 0.3) is 0 Å². The summed E-state index contributed by atoms with van der Waals surface area (Å²) in [6.45, 7) is 4.37. The quantitative estimate of drug-likeness (QED) is 0.889. The molecule has 110 valence electrons. The Hall–Kier alpha value is -2.14. The summed E-state index contributed by atoms with van der Waals surface area (Å²) in [4.78, 5) is 20.4. The van der Waals surface area contributed by atoms with Gasteiger partial charge in [-0.1, -0.05) is 24.6 Å². The maximum Gasteiger partial charge on any atom is 0.270 e. The van der Waals surface area contributed by atoms with Crippen molar-refractivity contribution in [1.82, 2.24) is 15.3 Å². The van der Waals surface area contributed by atoms with E-state index in [9.17, 15) is 4.79 Å². The topological polar surface area (TPSA) is 66.9 Å². The normalized spacial score (nSPS) is 10.2. The minimum Gasteiger partial charge on any atom is -0.351 e. The summed E-state index contributed by atoms with van der Waals surface area (Å²) in [5, 5.41) is 6.55. The summed E-state index contributed by atoms with van der Waals surface area (Å²) in [5.41, 5.74) is 1.15. The van der Waals surface area contributed by atoms with E-state index in [4.69, 9.17) is 11.6 Å². The molecule has 2 rings (SSSR count). The molecule has 1 amide bonds. The minimum atomic E-state index is -0.198. The smallest absolute Gasteiger partial charge is 0.270 e. The van der Waals surface area contributed by atoms with Gasteiger partial charge in [0, 0.05) is 23.3 Å². The van der Waals surface area contributed by atoms with Crippen molar-refractivity contribution in [3.05, 3.63) is 46.9 Å². The lowest BCUT2D eigenvalue weighted by atomic mass is 10.3. The number of nitrogens with zero attached hydrogens (tertiary/aromatic N) is 2. The molecule has 2 N–H and O–H groups in total. The molecule has 0 saturated heterocycles. The molecule has 6 heteroatoms. The Morgan fingerprint density at radius 3 is 2.81 bits per heavy atom. The summed E-state index contributed by atoms with van der Waals surface area (Å²) >= 11 is 5.94. The van der Waals surface area contributed by atoms with Crippen molar-refractivity contribution in [3.8, 4) is 0 Å². The number of nitrogens with one attached hydrogen (secondary N) is 2. The molecule has 0 atom stereocenters. The van der Waals surface area contributed by atoms with Crippen LogP contribution in [0.1, 0.15) is 29.7 Å². The van der Waals surface area contributed by atoms with Crippen molar-refractivity contribution in [2.45, 2.75) is 20.3 Å². The molecule has 1 aromatic carbocycles. The van der Waals surface area contributed by atoms with Gasteiger partial charge >= 0.3 is 0 Å². The van der Waals surface area contributed by atoms with Gasteiger partial charge < -0.3 is 10.6 Å². The lowest BCUT2D eigenvalue weighted by molar-refractivity contribution is 0.0948. The average Bonchev–Trinajstić information content (AvgIpc) is 2.44. The molecular weight excluding hydrogens is 288 g/mol. The third-order valence-corrected chi connectivity index (χ3v) is 2.94. The molecule has 0 spiro atoms. The van der Waals surface area contributed by atoms with Crippen molar-refractivity contribution in [1.29, 1.82) is 0 Å². The number of aryl methyl sites for hydroxylation is 1. The molecule has 0 bridgehead atoms. The van der Waals surface area contributed by atoms with Crippen LogP contribution < -0.4 is 10.6 Å². The summed E-state index contributed by atoms with van der Waals surface area (Å²) < 4.78 is 0. The van der Waals surface area contributed by atoms with Gasteiger partial charge in [0.15, 0.2) is 0 Å². The first kappa shape index (κ1) is 15.3. The number of anilines is 2. The lowest BCUT2D eigenvalue weighted by Gasteiger charge is -2.09. The van der Waals surface area contributed by atoms with Crippen LogP contribution in [0.2, 0.25) is 5.02 Å². The molecule has 0 aliphatic heterocycles. The van der Waals surface area contributed by atoms with Gasteiger partial charge in [0.1, 0.15) is 17.3 Å². The third-order valence-electron chi connectivity index (χ3n) is 2.70. The predicted octanol–water partition coefficient (Wildman–Crippen LogP) is 3.32. The fourth-order valence-electron chi connectivity index (χ4n) is 1.79. The first-order valence-electron chi connectivity index (χ1n) is 6.75. The van der Waals surface area contributed by atoms with Gasteiger partial charge in [-0.2, -0.15) is 0 Å². The van der Waals surface area contributed by atoms with Crippen LogP contribution in [0.15, 0.2) is 30.3 Å². The molecule has 21 heavy (non-hydrogen) atoms. The molecule has 1 heterocycles. The van der Waals surface area contributed by atoms with Crippen molar-refractivity contribution in [3.63, 3.8) is 0 Å². The number of carbonyl (C=O) groups is 1. The number of rotatable bonds is 5. The molecule has 0 aliphatic rings. The Bertz CT molecular complexity index is 645. The van der Waals surface area contributed by atoms with Gasteiger partial charge in [-0.3, -0.25) is 4.79 Å². The lowest BCUT2D eigenvalue weighted by Crippen LogP contribution is -2.25. The molecule has 1 aromatic heterocycles. The van der Waals surface area contributed by atoms with E-state index in [2.05, 4.69) is 20.6 Å². The number of amides is 1. The predicted molar refractivity (Wildman–Crippen MR) is 84.1 cm³/mol. The summed E-state index contributed by atoms with van der Waals surface area (Å²) in [6.07, 6.45) is 0.878. The molecule has 0 saturated carbocycles. The SMILES string of the molecule is CCCNC(=O)c1cc(Nc2cccc(Cl)c2)nc(C)n1. The molecular formula is C15H17ClN4O. The first-order chi connectivity index (χ1) is 10.1. The fourth-order valence-corrected chi connectivity index (χ4v) is 1.98. The van der Waals surface area contributed by atoms with Crippen molar-refractivity contribution in [2.24, 2.45) is 0 Å².